The molecule has 5 heteroatoms. The number of nitrogens with zero attached hydrogens (tertiary/aromatic N) is 1. The smallest absolute Gasteiger partial charge is 0.231 e. The van der Waals surface area contributed by atoms with Gasteiger partial charge in [-0.25, -0.2) is 0 Å². The van der Waals surface area contributed by atoms with Gasteiger partial charge in [0.2, 0.25) is 6.79 Å². The molecule has 2 aliphatic carbocycles. The number of benzene rings is 1. The summed E-state index contributed by atoms with van der Waals surface area (Å²) >= 11 is 0. The Hall–Kier alpha value is -1.91. The maximum atomic E-state index is 5.50. The highest BCUT2D eigenvalue weighted by Gasteiger charge is 2.44. The molecule has 1 aliphatic heterocycles. The lowest BCUT2D eigenvalue weighted by Crippen LogP contribution is -2.41. The number of ether oxygens (including phenoxy) is 2. The Kier molecular flexibility index (Phi) is 3.36. The van der Waals surface area contributed by atoms with Crippen molar-refractivity contribution in [2.75, 3.05) is 26.9 Å². The first-order chi connectivity index (χ1) is 10.8. The van der Waals surface area contributed by atoms with Gasteiger partial charge in [0, 0.05) is 25.6 Å². The number of hydrogen-bond acceptors (Lipinski definition) is 3. The van der Waals surface area contributed by atoms with Gasteiger partial charge in [0.1, 0.15) is 0 Å². The average molecular weight is 301 g/mol. The van der Waals surface area contributed by atoms with Crippen LogP contribution in [-0.2, 0) is 5.41 Å². The zero-order chi connectivity index (χ0) is 15.0. The zero-order valence-corrected chi connectivity index (χ0v) is 13.0. The molecule has 118 valence electrons. The van der Waals surface area contributed by atoms with E-state index in [9.17, 15) is 0 Å². The molecule has 0 saturated heterocycles. The van der Waals surface area contributed by atoms with Crippen LogP contribution in [0.2, 0.25) is 0 Å². The summed E-state index contributed by atoms with van der Waals surface area (Å²) in [5.74, 6) is 3.50. The number of rotatable bonds is 5. The Morgan fingerprint density at radius 2 is 2.05 bits per heavy atom. The molecule has 2 saturated carbocycles. The Bertz CT molecular complexity index is 592. The first-order valence-electron chi connectivity index (χ1n) is 8.14. The minimum atomic E-state index is 0.220. The van der Waals surface area contributed by atoms with E-state index in [1.165, 1.54) is 31.2 Å². The second-order valence-corrected chi connectivity index (χ2v) is 6.60. The zero-order valence-electron chi connectivity index (χ0n) is 13.0. The van der Waals surface area contributed by atoms with Gasteiger partial charge in [-0.05, 0) is 49.3 Å². The van der Waals surface area contributed by atoms with Crippen LogP contribution in [0.3, 0.4) is 0 Å². The van der Waals surface area contributed by atoms with Crippen molar-refractivity contribution < 1.29 is 9.47 Å². The molecule has 0 aromatic heterocycles. The Morgan fingerprint density at radius 1 is 1.23 bits per heavy atom. The van der Waals surface area contributed by atoms with E-state index in [0.717, 1.165) is 36.5 Å². The van der Waals surface area contributed by atoms with E-state index in [1.807, 2.05) is 13.1 Å². The number of guanidine groups is 1. The Balaban J connectivity index is 1.38. The van der Waals surface area contributed by atoms with Crippen molar-refractivity contribution in [2.45, 2.75) is 31.1 Å². The van der Waals surface area contributed by atoms with Crippen LogP contribution in [0.5, 0.6) is 11.5 Å². The molecule has 2 fully saturated rings. The Labute approximate surface area is 131 Å². The van der Waals surface area contributed by atoms with Crippen LogP contribution < -0.4 is 20.1 Å². The SMILES string of the molecule is CN=C(NCC1CC1)NCC1(c2ccc3c(c2)OCO3)CC1. The van der Waals surface area contributed by atoms with Gasteiger partial charge in [0.15, 0.2) is 17.5 Å². The molecule has 0 spiro atoms. The van der Waals surface area contributed by atoms with E-state index in [0.29, 0.717) is 6.79 Å². The number of hydrogen-bond donors (Lipinski definition) is 2. The molecule has 4 rings (SSSR count). The second-order valence-electron chi connectivity index (χ2n) is 6.60. The van der Waals surface area contributed by atoms with Crippen molar-refractivity contribution in [2.24, 2.45) is 10.9 Å². The fourth-order valence-corrected chi connectivity index (χ4v) is 2.98. The normalized spacial score (nSPS) is 21.6. The third-order valence-electron chi connectivity index (χ3n) is 4.91. The summed E-state index contributed by atoms with van der Waals surface area (Å²) in [4.78, 5) is 4.32. The maximum absolute atomic E-state index is 5.50. The van der Waals surface area contributed by atoms with Crippen LogP contribution in [0.1, 0.15) is 31.2 Å². The molecule has 0 atom stereocenters. The summed E-state index contributed by atoms with van der Waals surface area (Å²) in [5.41, 5.74) is 1.56. The van der Waals surface area contributed by atoms with Crippen LogP contribution in [0.15, 0.2) is 23.2 Å². The van der Waals surface area contributed by atoms with Gasteiger partial charge < -0.3 is 20.1 Å². The van der Waals surface area contributed by atoms with Crippen molar-refractivity contribution in [3.8, 4) is 11.5 Å². The third kappa shape index (κ3) is 2.72. The molecule has 3 aliphatic rings. The molecule has 0 bridgehead atoms. The molecule has 0 radical (unpaired) electrons. The van der Waals surface area contributed by atoms with E-state index < -0.39 is 0 Å². The van der Waals surface area contributed by atoms with E-state index in [1.54, 1.807) is 0 Å². The average Bonchev–Trinajstić information content (AvgIpc) is 3.46. The standard InChI is InChI=1S/C17H23N3O2/c1-18-16(19-9-12-2-3-12)20-10-17(6-7-17)13-4-5-14-15(8-13)22-11-21-14/h4-5,8,12H,2-3,6-7,9-11H2,1H3,(H2,18,19,20). The van der Waals surface area contributed by atoms with Crippen molar-refractivity contribution >= 4 is 5.96 Å². The van der Waals surface area contributed by atoms with Crippen molar-refractivity contribution in [1.29, 1.82) is 0 Å². The fraction of sp³-hybridized carbons (Fsp3) is 0.588. The summed E-state index contributed by atoms with van der Waals surface area (Å²) in [5, 5.41) is 6.91. The number of fused-ring (bicyclic) bond motifs is 1. The van der Waals surface area contributed by atoms with Gasteiger partial charge in [0.25, 0.3) is 0 Å². The highest BCUT2D eigenvalue weighted by Crippen LogP contribution is 2.49. The second kappa shape index (κ2) is 5.38. The van der Waals surface area contributed by atoms with Crippen LogP contribution in [0.25, 0.3) is 0 Å². The van der Waals surface area contributed by atoms with Gasteiger partial charge in [-0.2, -0.15) is 0 Å². The van der Waals surface area contributed by atoms with Crippen LogP contribution in [0, 0.1) is 5.92 Å². The highest BCUT2D eigenvalue weighted by atomic mass is 16.7. The topological polar surface area (TPSA) is 54.9 Å². The summed E-state index contributed by atoms with van der Waals surface area (Å²) < 4.78 is 10.9. The van der Waals surface area contributed by atoms with E-state index in [-0.39, 0.29) is 5.41 Å². The monoisotopic (exact) mass is 301 g/mol. The molecule has 1 aromatic rings. The molecular formula is C17H23N3O2. The maximum Gasteiger partial charge on any atom is 0.231 e. The van der Waals surface area contributed by atoms with Crippen molar-refractivity contribution in [3.63, 3.8) is 0 Å². The quantitative estimate of drug-likeness (QED) is 0.645. The molecule has 1 heterocycles. The summed E-state index contributed by atoms with van der Waals surface area (Å²) in [6.07, 6.45) is 5.12. The van der Waals surface area contributed by atoms with Gasteiger partial charge in [-0.15, -0.1) is 0 Å². The van der Waals surface area contributed by atoms with Gasteiger partial charge in [-0.1, -0.05) is 6.07 Å². The lowest BCUT2D eigenvalue weighted by molar-refractivity contribution is 0.174. The molecule has 1 aromatic carbocycles. The predicted molar refractivity (Wildman–Crippen MR) is 85.6 cm³/mol. The van der Waals surface area contributed by atoms with Gasteiger partial charge in [-0.3, -0.25) is 4.99 Å². The van der Waals surface area contributed by atoms with Crippen molar-refractivity contribution in [1.82, 2.24) is 10.6 Å². The van der Waals surface area contributed by atoms with Gasteiger partial charge in [0.05, 0.1) is 0 Å². The summed E-state index contributed by atoms with van der Waals surface area (Å²) in [7, 11) is 1.84. The van der Waals surface area contributed by atoms with E-state index in [4.69, 9.17) is 9.47 Å². The molecule has 0 unspecified atom stereocenters. The Morgan fingerprint density at radius 3 is 2.77 bits per heavy atom. The molecular weight excluding hydrogens is 278 g/mol. The predicted octanol–water partition coefficient (Wildman–Crippen LogP) is 2.02. The lowest BCUT2D eigenvalue weighted by atomic mass is 9.95. The first-order valence-corrected chi connectivity index (χ1v) is 8.14. The molecule has 5 nitrogen and oxygen atoms in total. The molecule has 2 N–H and O–H groups in total. The first kappa shape index (κ1) is 13.7. The molecule has 22 heavy (non-hydrogen) atoms. The molecule has 0 amide bonds. The summed E-state index contributed by atoms with van der Waals surface area (Å²) in [6, 6.07) is 6.33. The minimum absolute atomic E-state index is 0.220. The van der Waals surface area contributed by atoms with E-state index >= 15 is 0 Å². The fourth-order valence-electron chi connectivity index (χ4n) is 2.98. The van der Waals surface area contributed by atoms with Crippen LogP contribution in [0.4, 0.5) is 0 Å². The number of aliphatic imine (C=N–C) groups is 1. The number of nitrogens with one attached hydrogen (secondary N) is 2. The highest BCUT2D eigenvalue weighted by molar-refractivity contribution is 5.79. The minimum Gasteiger partial charge on any atom is -0.454 e. The summed E-state index contributed by atoms with van der Waals surface area (Å²) in [6.45, 7) is 2.29. The van der Waals surface area contributed by atoms with Crippen LogP contribution in [-0.4, -0.2) is 32.9 Å². The van der Waals surface area contributed by atoms with Gasteiger partial charge >= 0.3 is 0 Å². The lowest BCUT2D eigenvalue weighted by Gasteiger charge is -2.19. The van der Waals surface area contributed by atoms with Crippen LogP contribution >= 0.6 is 0 Å². The third-order valence-corrected chi connectivity index (χ3v) is 4.91. The van der Waals surface area contributed by atoms with E-state index in [2.05, 4.69) is 27.8 Å². The van der Waals surface area contributed by atoms with Crippen molar-refractivity contribution in [3.05, 3.63) is 23.8 Å². The largest absolute Gasteiger partial charge is 0.454 e.